The van der Waals surface area contributed by atoms with Crippen LogP contribution in [0.15, 0.2) is 49.2 Å². The number of amides is 1. The molecule has 0 aliphatic heterocycles. The van der Waals surface area contributed by atoms with E-state index in [0.717, 1.165) is 16.8 Å². The third kappa shape index (κ3) is 2.88. The van der Waals surface area contributed by atoms with Gasteiger partial charge in [-0.05, 0) is 30.7 Å². The number of fused-ring (bicyclic) bond motifs is 1. The van der Waals surface area contributed by atoms with Gasteiger partial charge in [0.05, 0.1) is 6.54 Å². The highest BCUT2D eigenvalue weighted by atomic mass is 16.2. The van der Waals surface area contributed by atoms with Crippen LogP contribution in [-0.2, 0) is 11.3 Å². The monoisotopic (exact) mass is 320 g/mol. The smallest absolute Gasteiger partial charge is 0.254 e. The number of carbonyl (C=O) groups excluding carboxylic acids is 1. The summed E-state index contributed by atoms with van der Waals surface area (Å²) < 4.78 is 0. The molecule has 0 unspecified atom stereocenters. The second-order valence-corrected chi connectivity index (χ2v) is 5.89. The lowest BCUT2D eigenvalue weighted by Crippen LogP contribution is -2.27. The van der Waals surface area contributed by atoms with Crippen molar-refractivity contribution in [2.75, 3.05) is 12.8 Å². The lowest BCUT2D eigenvalue weighted by Gasteiger charge is -2.18. The first-order valence-corrected chi connectivity index (χ1v) is 7.70. The lowest BCUT2D eigenvalue weighted by molar-refractivity contribution is -0.124. The van der Waals surface area contributed by atoms with E-state index in [9.17, 15) is 4.79 Å². The van der Waals surface area contributed by atoms with E-state index in [-0.39, 0.29) is 5.91 Å². The molecule has 0 aliphatic rings. The van der Waals surface area contributed by atoms with Gasteiger partial charge in [0.15, 0.2) is 0 Å². The second-order valence-electron chi connectivity index (χ2n) is 5.89. The predicted molar refractivity (Wildman–Crippen MR) is 97.2 cm³/mol. The lowest BCUT2D eigenvalue weighted by atomic mass is 10.1. The third-order valence-corrected chi connectivity index (χ3v) is 4.20. The quantitative estimate of drug-likeness (QED) is 0.725. The van der Waals surface area contributed by atoms with E-state index in [1.807, 2.05) is 18.2 Å². The molecule has 3 rings (SSSR count). The Kier molecular flexibility index (Phi) is 4.08. The molecule has 122 valence electrons. The molecule has 0 spiro atoms. The van der Waals surface area contributed by atoms with Crippen LogP contribution in [0, 0.1) is 6.92 Å². The van der Waals surface area contributed by atoms with Crippen molar-refractivity contribution in [2.24, 2.45) is 0 Å². The molecule has 3 aromatic rings. The summed E-state index contributed by atoms with van der Waals surface area (Å²) in [4.78, 5) is 21.7. The molecule has 2 aromatic heterocycles. The third-order valence-electron chi connectivity index (χ3n) is 4.20. The van der Waals surface area contributed by atoms with Crippen LogP contribution >= 0.6 is 0 Å². The fourth-order valence-corrected chi connectivity index (χ4v) is 2.74. The maximum Gasteiger partial charge on any atom is 0.254 e. The Bertz CT molecular complexity index is 909. The van der Waals surface area contributed by atoms with Crippen molar-refractivity contribution in [1.82, 2.24) is 14.9 Å². The number of nitrogens with one attached hydrogen (secondary N) is 1. The standard InChI is InChI=1S/C19H20N4O/c1-12(14-8-9-18(20)21-10-14)19(24)23(3)11-17-13(2)15-6-4-5-7-16(15)22-17/h4-10,22H,1,11H2,2-3H3,(H2,20,21). The molecule has 24 heavy (non-hydrogen) atoms. The number of rotatable bonds is 4. The largest absolute Gasteiger partial charge is 0.384 e. The summed E-state index contributed by atoms with van der Waals surface area (Å²) in [6.45, 7) is 6.45. The van der Waals surface area contributed by atoms with Crippen molar-refractivity contribution in [1.29, 1.82) is 0 Å². The van der Waals surface area contributed by atoms with Crippen LogP contribution in [0.1, 0.15) is 16.8 Å². The van der Waals surface area contributed by atoms with Crippen molar-refractivity contribution < 1.29 is 4.79 Å². The fraction of sp³-hybridized carbons (Fsp3) is 0.158. The first kappa shape index (κ1) is 15.8. The summed E-state index contributed by atoms with van der Waals surface area (Å²) in [5.74, 6) is 0.278. The number of likely N-dealkylation sites (N-methyl/N-ethyl adjacent to an activating group) is 1. The Hall–Kier alpha value is -3.08. The molecule has 5 heteroatoms. The number of nitrogens with zero attached hydrogens (tertiary/aromatic N) is 2. The zero-order valence-electron chi connectivity index (χ0n) is 13.8. The summed E-state index contributed by atoms with van der Waals surface area (Å²) in [6.07, 6.45) is 1.57. The van der Waals surface area contributed by atoms with Crippen LogP contribution in [0.25, 0.3) is 16.5 Å². The number of aromatic nitrogens is 2. The molecule has 0 bridgehead atoms. The van der Waals surface area contributed by atoms with Crippen molar-refractivity contribution in [3.8, 4) is 0 Å². The minimum Gasteiger partial charge on any atom is -0.384 e. The Morgan fingerprint density at radius 2 is 2.04 bits per heavy atom. The molecule has 0 atom stereocenters. The zero-order valence-corrected chi connectivity index (χ0v) is 13.8. The fourth-order valence-electron chi connectivity index (χ4n) is 2.74. The van der Waals surface area contributed by atoms with Gasteiger partial charge in [0.1, 0.15) is 5.82 Å². The first-order valence-electron chi connectivity index (χ1n) is 7.70. The number of hydrogen-bond acceptors (Lipinski definition) is 3. The maximum atomic E-state index is 12.6. The van der Waals surface area contributed by atoms with Gasteiger partial charge in [-0.1, -0.05) is 24.8 Å². The van der Waals surface area contributed by atoms with E-state index in [1.54, 1.807) is 30.3 Å². The first-order chi connectivity index (χ1) is 11.5. The minimum atomic E-state index is -0.139. The van der Waals surface area contributed by atoms with Crippen LogP contribution < -0.4 is 5.73 Å². The Labute approximate surface area is 140 Å². The molecule has 0 radical (unpaired) electrons. The van der Waals surface area contributed by atoms with Crippen LogP contribution in [0.4, 0.5) is 5.82 Å². The van der Waals surface area contributed by atoms with E-state index in [1.165, 1.54) is 5.39 Å². The van der Waals surface area contributed by atoms with Gasteiger partial charge >= 0.3 is 0 Å². The molecular weight excluding hydrogens is 300 g/mol. The van der Waals surface area contributed by atoms with Gasteiger partial charge in [-0.25, -0.2) is 4.98 Å². The average molecular weight is 320 g/mol. The second kappa shape index (κ2) is 6.20. The van der Waals surface area contributed by atoms with Crippen molar-refractivity contribution in [3.63, 3.8) is 0 Å². The molecule has 5 nitrogen and oxygen atoms in total. The number of H-pyrrole nitrogens is 1. The van der Waals surface area contributed by atoms with E-state index >= 15 is 0 Å². The summed E-state index contributed by atoms with van der Waals surface area (Å²) >= 11 is 0. The summed E-state index contributed by atoms with van der Waals surface area (Å²) in [5, 5.41) is 1.18. The number of nitrogens with two attached hydrogens (primary N) is 1. The SMILES string of the molecule is C=C(C(=O)N(C)Cc1[nH]c2ccccc2c1C)c1ccc(N)nc1. The van der Waals surface area contributed by atoms with Crippen LogP contribution in [-0.4, -0.2) is 27.8 Å². The van der Waals surface area contributed by atoms with Gasteiger partial charge in [-0.15, -0.1) is 0 Å². The summed E-state index contributed by atoms with van der Waals surface area (Å²) in [6, 6.07) is 11.5. The molecule has 0 fully saturated rings. The van der Waals surface area contributed by atoms with Gasteiger partial charge in [-0.3, -0.25) is 4.79 Å². The molecule has 3 N–H and O–H groups in total. The van der Waals surface area contributed by atoms with Crippen molar-refractivity contribution >= 4 is 28.2 Å². The Balaban J connectivity index is 1.79. The molecule has 1 amide bonds. The molecule has 2 heterocycles. The van der Waals surface area contributed by atoms with Crippen LogP contribution in [0.3, 0.4) is 0 Å². The number of anilines is 1. The molecular formula is C19H20N4O. The van der Waals surface area contributed by atoms with Gasteiger partial charge in [0.2, 0.25) is 0 Å². The number of para-hydroxylation sites is 1. The average Bonchev–Trinajstić information content (AvgIpc) is 2.90. The van der Waals surface area contributed by atoms with Gasteiger partial charge < -0.3 is 15.6 Å². The number of aromatic amines is 1. The van der Waals surface area contributed by atoms with Crippen LogP contribution in [0.2, 0.25) is 0 Å². The minimum absolute atomic E-state index is 0.139. The van der Waals surface area contributed by atoms with Crippen molar-refractivity contribution in [2.45, 2.75) is 13.5 Å². The van der Waals surface area contributed by atoms with Crippen LogP contribution in [0.5, 0.6) is 0 Å². The van der Waals surface area contributed by atoms with Gasteiger partial charge in [0.25, 0.3) is 5.91 Å². The number of carbonyl (C=O) groups is 1. The van der Waals surface area contributed by atoms with E-state index in [2.05, 4.69) is 29.5 Å². The number of nitrogen functional groups attached to an aromatic ring is 1. The number of benzene rings is 1. The summed E-state index contributed by atoms with van der Waals surface area (Å²) in [7, 11) is 1.77. The van der Waals surface area contributed by atoms with E-state index in [4.69, 9.17) is 5.73 Å². The Morgan fingerprint density at radius 3 is 2.71 bits per heavy atom. The molecule has 1 aromatic carbocycles. The molecule has 0 aliphatic carbocycles. The number of hydrogen-bond donors (Lipinski definition) is 2. The number of pyridine rings is 1. The normalized spacial score (nSPS) is 10.8. The van der Waals surface area contributed by atoms with Crippen molar-refractivity contribution in [3.05, 3.63) is 66.0 Å². The molecule has 0 saturated heterocycles. The topological polar surface area (TPSA) is 75.0 Å². The highest BCUT2D eigenvalue weighted by Crippen LogP contribution is 2.23. The number of aryl methyl sites for hydroxylation is 1. The molecule has 0 saturated carbocycles. The highest BCUT2D eigenvalue weighted by Gasteiger charge is 2.17. The Morgan fingerprint density at radius 1 is 1.29 bits per heavy atom. The highest BCUT2D eigenvalue weighted by molar-refractivity contribution is 6.18. The maximum absolute atomic E-state index is 12.6. The van der Waals surface area contributed by atoms with E-state index in [0.29, 0.717) is 23.5 Å². The zero-order chi connectivity index (χ0) is 17.3. The van der Waals surface area contributed by atoms with Gasteiger partial charge in [-0.2, -0.15) is 0 Å². The summed E-state index contributed by atoms with van der Waals surface area (Å²) in [5.41, 5.74) is 9.91. The van der Waals surface area contributed by atoms with E-state index < -0.39 is 0 Å². The van der Waals surface area contributed by atoms with Gasteiger partial charge in [0, 0.05) is 41.0 Å². The predicted octanol–water partition coefficient (Wildman–Crippen LogP) is 3.13.